The van der Waals surface area contributed by atoms with E-state index in [0.29, 0.717) is 44.2 Å². The number of nitrogens with one attached hydrogen (secondary N) is 1. The summed E-state index contributed by atoms with van der Waals surface area (Å²) in [7, 11) is 1.71. The van der Waals surface area contributed by atoms with Gasteiger partial charge in [0, 0.05) is 38.0 Å². The molecule has 8 heteroatoms. The van der Waals surface area contributed by atoms with Crippen LogP contribution in [0.15, 0.2) is 0 Å². The molecule has 0 spiro atoms. The number of nitrogens with zero attached hydrogens (tertiary/aromatic N) is 3. The molecule has 0 fully saturated rings. The van der Waals surface area contributed by atoms with Gasteiger partial charge in [-0.2, -0.15) is 5.10 Å². The van der Waals surface area contributed by atoms with E-state index in [0.717, 1.165) is 11.3 Å². The van der Waals surface area contributed by atoms with Gasteiger partial charge in [0.25, 0.3) is 0 Å². The van der Waals surface area contributed by atoms with Crippen LogP contribution in [0.1, 0.15) is 28.7 Å². The van der Waals surface area contributed by atoms with E-state index in [1.165, 1.54) is 4.68 Å². The number of carbonyl (C=O) groups is 2. The van der Waals surface area contributed by atoms with E-state index in [-0.39, 0.29) is 6.03 Å². The van der Waals surface area contributed by atoms with Crippen LogP contribution in [-0.2, 0) is 24.8 Å². The van der Waals surface area contributed by atoms with E-state index in [1.54, 1.807) is 18.9 Å². The zero-order chi connectivity index (χ0) is 15.4. The molecule has 0 aromatic carbocycles. The fraction of sp³-hybridized carbons (Fsp3) is 0.615. The van der Waals surface area contributed by atoms with Gasteiger partial charge < -0.3 is 15.0 Å². The van der Waals surface area contributed by atoms with Gasteiger partial charge in [-0.1, -0.05) is 0 Å². The molecule has 1 aromatic heterocycles. The van der Waals surface area contributed by atoms with Crippen molar-refractivity contribution in [3.05, 3.63) is 17.0 Å². The fourth-order valence-electron chi connectivity index (χ4n) is 2.40. The maximum atomic E-state index is 12.0. The lowest BCUT2D eigenvalue weighted by atomic mass is 10.1. The molecule has 7 nitrogen and oxygen atoms in total. The third-order valence-electron chi connectivity index (χ3n) is 3.32. The van der Waals surface area contributed by atoms with Crippen molar-refractivity contribution in [1.82, 2.24) is 20.0 Å². The summed E-state index contributed by atoms with van der Waals surface area (Å²) >= 11 is 5.56. The zero-order valence-corrected chi connectivity index (χ0v) is 12.9. The molecule has 0 atom stereocenters. The van der Waals surface area contributed by atoms with Crippen LogP contribution in [0, 0.1) is 0 Å². The van der Waals surface area contributed by atoms with Gasteiger partial charge in [0.15, 0.2) is 5.69 Å². The van der Waals surface area contributed by atoms with E-state index < -0.39 is 5.97 Å². The minimum Gasteiger partial charge on any atom is -0.461 e. The summed E-state index contributed by atoms with van der Waals surface area (Å²) in [5.74, 6) is -0.0389. The van der Waals surface area contributed by atoms with Crippen LogP contribution in [-0.4, -0.2) is 52.3 Å². The molecule has 1 aromatic rings. The largest absolute Gasteiger partial charge is 0.461 e. The summed E-state index contributed by atoms with van der Waals surface area (Å²) in [6, 6.07) is -0.181. The Balaban J connectivity index is 2.18. The predicted octanol–water partition coefficient (Wildman–Crippen LogP) is 0.903. The van der Waals surface area contributed by atoms with Crippen molar-refractivity contribution in [3.8, 4) is 0 Å². The number of hydrogen-bond acceptors (Lipinski definition) is 4. The number of carbonyl (C=O) groups excluding carboxylic acids is 2. The molecule has 0 saturated heterocycles. The van der Waals surface area contributed by atoms with Crippen LogP contribution in [0.5, 0.6) is 0 Å². The highest BCUT2D eigenvalue weighted by atomic mass is 35.5. The third-order valence-corrected chi connectivity index (χ3v) is 3.51. The van der Waals surface area contributed by atoms with Crippen molar-refractivity contribution in [2.24, 2.45) is 7.05 Å². The van der Waals surface area contributed by atoms with E-state index in [2.05, 4.69) is 10.4 Å². The number of ether oxygens (including phenoxy) is 1. The molecule has 2 amide bonds. The maximum absolute atomic E-state index is 12.0. The van der Waals surface area contributed by atoms with Crippen LogP contribution in [0.3, 0.4) is 0 Å². The first kappa shape index (κ1) is 15.6. The Hall–Kier alpha value is -1.76. The summed E-state index contributed by atoms with van der Waals surface area (Å²) in [5, 5.41) is 7.07. The molecule has 2 heterocycles. The van der Waals surface area contributed by atoms with E-state index >= 15 is 0 Å². The highest BCUT2D eigenvalue weighted by Crippen LogP contribution is 2.22. The lowest BCUT2D eigenvalue weighted by molar-refractivity contribution is 0.0511. The molecule has 0 radical (unpaired) electrons. The number of alkyl halides is 1. The molecular formula is C13H19ClN4O3. The minimum absolute atomic E-state index is 0.181. The second-order valence-corrected chi connectivity index (χ2v) is 5.09. The summed E-state index contributed by atoms with van der Waals surface area (Å²) in [4.78, 5) is 25.7. The number of urea groups is 1. The Kier molecular flexibility index (Phi) is 5.06. The summed E-state index contributed by atoms with van der Waals surface area (Å²) < 4.78 is 6.59. The van der Waals surface area contributed by atoms with Crippen LogP contribution in [0.25, 0.3) is 0 Å². The first-order chi connectivity index (χ1) is 10.1. The van der Waals surface area contributed by atoms with Gasteiger partial charge in [-0.15, -0.1) is 11.6 Å². The van der Waals surface area contributed by atoms with Gasteiger partial charge in [-0.25, -0.2) is 9.59 Å². The van der Waals surface area contributed by atoms with Gasteiger partial charge in [0.05, 0.1) is 18.8 Å². The molecule has 0 unspecified atom stereocenters. The number of rotatable bonds is 4. The van der Waals surface area contributed by atoms with Crippen molar-refractivity contribution in [3.63, 3.8) is 0 Å². The molecule has 116 valence electrons. The molecule has 0 bridgehead atoms. The smallest absolute Gasteiger partial charge is 0.356 e. The average Bonchev–Trinajstić information content (AvgIpc) is 2.79. The quantitative estimate of drug-likeness (QED) is 0.662. The topological polar surface area (TPSA) is 76.5 Å². The van der Waals surface area contributed by atoms with E-state index in [1.807, 2.05) is 0 Å². The van der Waals surface area contributed by atoms with Crippen LogP contribution in [0.4, 0.5) is 4.79 Å². The first-order valence-corrected chi connectivity index (χ1v) is 7.42. The normalized spacial score (nSPS) is 13.8. The molecule has 21 heavy (non-hydrogen) atoms. The molecule has 1 aliphatic heterocycles. The Morgan fingerprint density at radius 3 is 2.90 bits per heavy atom. The van der Waals surface area contributed by atoms with Crippen LogP contribution >= 0.6 is 11.6 Å². The van der Waals surface area contributed by atoms with E-state index in [4.69, 9.17) is 16.3 Å². The standard InChI is InChI=1S/C13H19ClN4O3/c1-3-21-12(19)11-9-8-18(13(20)15-6-5-14)7-4-10(9)16-17(11)2/h3-8H2,1-2H3,(H,15,20). The fourth-order valence-corrected chi connectivity index (χ4v) is 2.49. The number of aryl methyl sites for hydroxylation is 1. The summed E-state index contributed by atoms with van der Waals surface area (Å²) in [6.07, 6.45) is 0.622. The molecule has 0 aliphatic carbocycles. The highest BCUT2D eigenvalue weighted by Gasteiger charge is 2.29. The van der Waals surface area contributed by atoms with Gasteiger partial charge in [0.2, 0.25) is 0 Å². The van der Waals surface area contributed by atoms with Gasteiger partial charge in [-0.05, 0) is 6.92 Å². The Labute approximate surface area is 128 Å². The van der Waals surface area contributed by atoms with Crippen molar-refractivity contribution in [1.29, 1.82) is 0 Å². The Morgan fingerprint density at radius 1 is 1.48 bits per heavy atom. The molecule has 2 rings (SSSR count). The second-order valence-electron chi connectivity index (χ2n) is 4.71. The van der Waals surface area contributed by atoms with Gasteiger partial charge in [0.1, 0.15) is 0 Å². The number of hydrogen-bond donors (Lipinski definition) is 1. The summed E-state index contributed by atoms with van der Waals surface area (Å²) in [6.45, 7) is 3.40. The maximum Gasteiger partial charge on any atom is 0.356 e. The van der Waals surface area contributed by atoms with E-state index in [9.17, 15) is 9.59 Å². The Bertz CT molecular complexity index is 544. The van der Waals surface area contributed by atoms with Gasteiger partial charge >= 0.3 is 12.0 Å². The third kappa shape index (κ3) is 3.29. The Morgan fingerprint density at radius 2 is 2.24 bits per heavy atom. The number of aromatic nitrogens is 2. The number of fused-ring (bicyclic) bond motifs is 1. The van der Waals surface area contributed by atoms with Gasteiger partial charge in [-0.3, -0.25) is 4.68 Å². The number of halogens is 1. The van der Waals surface area contributed by atoms with Crippen molar-refractivity contribution >= 4 is 23.6 Å². The zero-order valence-electron chi connectivity index (χ0n) is 12.2. The number of amides is 2. The van der Waals surface area contributed by atoms with Crippen molar-refractivity contribution in [2.75, 3.05) is 25.6 Å². The molecule has 1 N–H and O–H groups in total. The van der Waals surface area contributed by atoms with Crippen molar-refractivity contribution in [2.45, 2.75) is 19.9 Å². The monoisotopic (exact) mass is 314 g/mol. The highest BCUT2D eigenvalue weighted by molar-refractivity contribution is 6.18. The summed E-state index contributed by atoms with van der Waals surface area (Å²) in [5.41, 5.74) is 2.03. The second kappa shape index (κ2) is 6.80. The van der Waals surface area contributed by atoms with Crippen molar-refractivity contribution < 1.29 is 14.3 Å². The van der Waals surface area contributed by atoms with Crippen LogP contribution in [0.2, 0.25) is 0 Å². The molecule has 0 saturated carbocycles. The molecular weight excluding hydrogens is 296 g/mol. The first-order valence-electron chi connectivity index (χ1n) is 6.89. The molecule has 1 aliphatic rings. The van der Waals surface area contributed by atoms with Crippen LogP contribution < -0.4 is 5.32 Å². The SMILES string of the molecule is CCOC(=O)c1c2c(nn1C)CCN(C(=O)NCCCl)C2. The lowest BCUT2D eigenvalue weighted by Gasteiger charge is -2.26. The number of esters is 1. The minimum atomic E-state index is -0.406. The lowest BCUT2D eigenvalue weighted by Crippen LogP contribution is -2.43. The predicted molar refractivity (Wildman–Crippen MR) is 77.4 cm³/mol. The average molecular weight is 315 g/mol.